The van der Waals surface area contributed by atoms with Gasteiger partial charge in [0.15, 0.2) is 0 Å². The molecule has 0 N–H and O–H groups in total. The first kappa shape index (κ1) is 16.2. The summed E-state index contributed by atoms with van der Waals surface area (Å²) in [6.45, 7) is 1.47. The van der Waals surface area contributed by atoms with E-state index in [0.717, 1.165) is 31.4 Å². The highest BCUT2D eigenvalue weighted by molar-refractivity contribution is 7.09. The van der Waals surface area contributed by atoms with Gasteiger partial charge in [-0.1, -0.05) is 31.4 Å². The highest BCUT2D eigenvalue weighted by atomic mass is 32.1. The monoisotopic (exact) mass is 328 g/mol. The summed E-state index contributed by atoms with van der Waals surface area (Å²) in [4.78, 5) is 20.5. The molecule has 2 aromatic heterocycles. The lowest BCUT2D eigenvalue weighted by molar-refractivity contribution is -0.137. The number of pyridine rings is 1. The molecule has 1 fully saturated rings. The van der Waals surface area contributed by atoms with Crippen LogP contribution in [0.25, 0.3) is 0 Å². The van der Waals surface area contributed by atoms with Crippen LogP contribution in [0.2, 0.25) is 0 Å². The highest BCUT2D eigenvalue weighted by Gasteiger charge is 2.26. The van der Waals surface area contributed by atoms with Gasteiger partial charge in [0.2, 0.25) is 5.91 Å². The number of hydrogen-bond acceptors (Lipinski definition) is 3. The van der Waals surface area contributed by atoms with Crippen LogP contribution in [-0.2, 0) is 17.8 Å². The predicted octanol–water partition coefficient (Wildman–Crippen LogP) is 4.29. The maximum atomic E-state index is 13.0. The van der Waals surface area contributed by atoms with Crippen molar-refractivity contribution in [1.82, 2.24) is 9.88 Å². The molecule has 0 radical (unpaired) electrons. The Morgan fingerprint density at radius 1 is 1.22 bits per heavy atom. The molecule has 0 aliphatic heterocycles. The molecule has 1 saturated carbocycles. The van der Waals surface area contributed by atoms with Crippen LogP contribution in [0.15, 0.2) is 42.0 Å². The smallest absolute Gasteiger partial charge is 0.225 e. The third kappa shape index (κ3) is 4.64. The first-order chi connectivity index (χ1) is 11.3. The minimum absolute atomic E-state index is 0.226. The van der Waals surface area contributed by atoms with Gasteiger partial charge in [-0.05, 0) is 42.3 Å². The SMILES string of the molecule is O=C(C1CCCCC1)N(CCc1cccs1)Cc1cccnc1. The fourth-order valence-corrected chi connectivity index (χ4v) is 3.99. The number of carbonyl (C=O) groups is 1. The molecular weight excluding hydrogens is 304 g/mol. The number of amides is 1. The van der Waals surface area contributed by atoms with Crippen molar-refractivity contribution in [3.05, 3.63) is 52.5 Å². The maximum Gasteiger partial charge on any atom is 0.225 e. The maximum absolute atomic E-state index is 13.0. The van der Waals surface area contributed by atoms with E-state index in [0.29, 0.717) is 12.5 Å². The van der Waals surface area contributed by atoms with Gasteiger partial charge in [-0.25, -0.2) is 0 Å². The number of aromatic nitrogens is 1. The van der Waals surface area contributed by atoms with Crippen molar-refractivity contribution >= 4 is 17.2 Å². The zero-order chi connectivity index (χ0) is 15.9. The second kappa shape index (κ2) is 8.25. The van der Waals surface area contributed by atoms with Crippen LogP contribution in [0.4, 0.5) is 0 Å². The van der Waals surface area contributed by atoms with Crippen LogP contribution in [0.3, 0.4) is 0 Å². The molecule has 1 aliphatic rings. The van der Waals surface area contributed by atoms with Gasteiger partial charge in [-0.2, -0.15) is 0 Å². The summed E-state index contributed by atoms with van der Waals surface area (Å²) >= 11 is 1.77. The number of hydrogen-bond donors (Lipinski definition) is 0. The van der Waals surface area contributed by atoms with E-state index in [2.05, 4.69) is 28.6 Å². The average molecular weight is 328 g/mol. The molecule has 0 aromatic carbocycles. The van der Waals surface area contributed by atoms with Gasteiger partial charge < -0.3 is 4.90 Å². The molecule has 1 amide bonds. The van der Waals surface area contributed by atoms with Gasteiger partial charge in [0.25, 0.3) is 0 Å². The Morgan fingerprint density at radius 2 is 2.09 bits per heavy atom. The van der Waals surface area contributed by atoms with E-state index in [4.69, 9.17) is 0 Å². The fourth-order valence-electron chi connectivity index (χ4n) is 3.29. The molecule has 0 spiro atoms. The summed E-state index contributed by atoms with van der Waals surface area (Å²) in [7, 11) is 0. The minimum atomic E-state index is 0.226. The summed E-state index contributed by atoms with van der Waals surface area (Å²) in [6, 6.07) is 8.23. The largest absolute Gasteiger partial charge is 0.338 e. The molecule has 3 nitrogen and oxygen atoms in total. The van der Waals surface area contributed by atoms with Crippen molar-refractivity contribution in [2.24, 2.45) is 5.92 Å². The third-order valence-electron chi connectivity index (χ3n) is 4.57. The van der Waals surface area contributed by atoms with Gasteiger partial charge >= 0.3 is 0 Å². The number of rotatable bonds is 6. The summed E-state index contributed by atoms with van der Waals surface area (Å²) < 4.78 is 0. The quantitative estimate of drug-likeness (QED) is 0.792. The Balaban J connectivity index is 1.67. The van der Waals surface area contributed by atoms with E-state index >= 15 is 0 Å². The van der Waals surface area contributed by atoms with Crippen molar-refractivity contribution in [2.75, 3.05) is 6.54 Å². The van der Waals surface area contributed by atoms with E-state index in [1.165, 1.54) is 24.1 Å². The van der Waals surface area contributed by atoms with E-state index in [1.54, 1.807) is 17.5 Å². The van der Waals surface area contributed by atoms with Crippen molar-refractivity contribution in [3.63, 3.8) is 0 Å². The summed E-state index contributed by atoms with van der Waals surface area (Å²) in [5.74, 6) is 0.564. The van der Waals surface area contributed by atoms with Crippen LogP contribution in [0, 0.1) is 5.92 Å². The molecule has 1 aliphatic carbocycles. The lowest BCUT2D eigenvalue weighted by Gasteiger charge is -2.29. The molecule has 0 bridgehead atoms. The molecule has 2 heterocycles. The van der Waals surface area contributed by atoms with Crippen LogP contribution < -0.4 is 0 Å². The van der Waals surface area contributed by atoms with Gasteiger partial charge in [-0.15, -0.1) is 11.3 Å². The fraction of sp³-hybridized carbons (Fsp3) is 0.474. The summed E-state index contributed by atoms with van der Waals surface area (Å²) in [5.41, 5.74) is 1.11. The first-order valence-electron chi connectivity index (χ1n) is 8.53. The Morgan fingerprint density at radius 3 is 2.78 bits per heavy atom. The Hall–Kier alpha value is -1.68. The molecule has 0 atom stereocenters. The van der Waals surface area contributed by atoms with Crippen molar-refractivity contribution in [1.29, 1.82) is 0 Å². The molecule has 2 aromatic rings. The Kier molecular flexibility index (Phi) is 5.81. The standard InChI is InChI=1S/C19H24N2OS/c22-19(17-7-2-1-3-8-17)21(12-10-18-9-5-13-23-18)15-16-6-4-11-20-14-16/h4-6,9,11,13-14,17H,1-3,7-8,10,12,15H2. The van der Waals surface area contributed by atoms with Crippen molar-refractivity contribution < 1.29 is 4.79 Å². The van der Waals surface area contributed by atoms with E-state index in [-0.39, 0.29) is 5.92 Å². The Labute approximate surface area is 142 Å². The van der Waals surface area contributed by atoms with Gasteiger partial charge in [0.1, 0.15) is 0 Å². The molecule has 3 rings (SSSR count). The van der Waals surface area contributed by atoms with E-state index in [9.17, 15) is 4.79 Å². The number of thiophene rings is 1. The molecule has 0 unspecified atom stereocenters. The predicted molar refractivity (Wildman–Crippen MR) is 94.3 cm³/mol. The van der Waals surface area contributed by atoms with Crippen LogP contribution in [0.1, 0.15) is 42.5 Å². The third-order valence-corrected chi connectivity index (χ3v) is 5.51. The normalized spacial score (nSPS) is 15.5. The zero-order valence-corrected chi connectivity index (χ0v) is 14.3. The highest BCUT2D eigenvalue weighted by Crippen LogP contribution is 2.26. The molecule has 23 heavy (non-hydrogen) atoms. The van der Waals surface area contributed by atoms with Crippen LogP contribution in [-0.4, -0.2) is 22.3 Å². The minimum Gasteiger partial charge on any atom is -0.338 e. The number of nitrogens with zero attached hydrogens (tertiary/aromatic N) is 2. The Bertz CT molecular complexity index is 591. The van der Waals surface area contributed by atoms with Crippen LogP contribution in [0.5, 0.6) is 0 Å². The second-order valence-corrected chi connectivity index (χ2v) is 7.32. The lowest BCUT2D eigenvalue weighted by atomic mass is 9.88. The second-order valence-electron chi connectivity index (χ2n) is 6.29. The van der Waals surface area contributed by atoms with Gasteiger partial charge in [0.05, 0.1) is 0 Å². The molecule has 4 heteroatoms. The lowest BCUT2D eigenvalue weighted by Crippen LogP contribution is -2.37. The molecular formula is C19H24N2OS. The van der Waals surface area contributed by atoms with Crippen LogP contribution >= 0.6 is 11.3 Å². The van der Waals surface area contributed by atoms with E-state index < -0.39 is 0 Å². The van der Waals surface area contributed by atoms with E-state index in [1.807, 2.05) is 17.2 Å². The topological polar surface area (TPSA) is 33.2 Å². The van der Waals surface area contributed by atoms with Gasteiger partial charge in [-0.3, -0.25) is 9.78 Å². The van der Waals surface area contributed by atoms with Crippen molar-refractivity contribution in [3.8, 4) is 0 Å². The van der Waals surface area contributed by atoms with Crippen molar-refractivity contribution in [2.45, 2.75) is 45.1 Å². The molecule has 122 valence electrons. The first-order valence-corrected chi connectivity index (χ1v) is 9.41. The summed E-state index contributed by atoms with van der Waals surface area (Å²) in [5, 5.41) is 2.10. The zero-order valence-electron chi connectivity index (χ0n) is 13.5. The number of carbonyl (C=O) groups excluding carboxylic acids is 1. The van der Waals surface area contributed by atoms with Gasteiger partial charge in [0, 0.05) is 36.3 Å². The molecule has 0 saturated heterocycles. The average Bonchev–Trinajstić information content (AvgIpc) is 3.13. The summed E-state index contributed by atoms with van der Waals surface area (Å²) in [6.07, 6.45) is 10.4.